The van der Waals surface area contributed by atoms with Crippen molar-refractivity contribution >= 4 is 5.96 Å². The fourth-order valence-corrected chi connectivity index (χ4v) is 4.20. The molecule has 2 fully saturated rings. The first-order valence-corrected chi connectivity index (χ1v) is 10.4. The fraction of sp³-hybridized carbons (Fsp3) is 0.667. The third-order valence-electron chi connectivity index (χ3n) is 5.86. The Morgan fingerprint density at radius 1 is 1.25 bits per heavy atom. The number of rotatable bonds is 6. The van der Waals surface area contributed by atoms with Crippen LogP contribution in [0.3, 0.4) is 0 Å². The molecule has 28 heavy (non-hydrogen) atoms. The van der Waals surface area contributed by atoms with Crippen LogP contribution in [-0.4, -0.2) is 55.8 Å². The second kappa shape index (κ2) is 9.65. The van der Waals surface area contributed by atoms with Crippen LogP contribution in [0.4, 0.5) is 8.78 Å². The third kappa shape index (κ3) is 5.00. The Hall–Kier alpha value is -1.73. The predicted molar refractivity (Wildman–Crippen MR) is 107 cm³/mol. The Morgan fingerprint density at radius 3 is 2.61 bits per heavy atom. The molecule has 0 bridgehead atoms. The molecule has 0 radical (unpaired) electrons. The summed E-state index contributed by atoms with van der Waals surface area (Å²) >= 11 is 0. The van der Waals surface area contributed by atoms with E-state index in [0.29, 0.717) is 24.6 Å². The molecule has 1 atom stereocenters. The van der Waals surface area contributed by atoms with Crippen LogP contribution in [0.2, 0.25) is 0 Å². The average Bonchev–Trinajstić information content (AvgIpc) is 3.22. The third-order valence-corrected chi connectivity index (χ3v) is 5.86. The van der Waals surface area contributed by atoms with E-state index in [1.807, 2.05) is 13.8 Å². The van der Waals surface area contributed by atoms with Crippen molar-refractivity contribution in [2.24, 2.45) is 4.99 Å². The van der Waals surface area contributed by atoms with Gasteiger partial charge in [-0.25, -0.2) is 8.78 Å². The van der Waals surface area contributed by atoms with E-state index in [2.05, 4.69) is 15.5 Å². The molecule has 5 nitrogen and oxygen atoms in total. The molecule has 7 heteroatoms. The number of benzene rings is 1. The number of aliphatic imine (C=N–C) groups is 1. The number of nitrogens with zero attached hydrogens (tertiary/aromatic N) is 2. The minimum Gasteiger partial charge on any atom is -0.381 e. The molecule has 2 N–H and O–H groups in total. The minimum atomic E-state index is -0.568. The van der Waals surface area contributed by atoms with Crippen LogP contribution in [0.15, 0.2) is 23.2 Å². The van der Waals surface area contributed by atoms with Crippen molar-refractivity contribution in [1.29, 1.82) is 0 Å². The lowest BCUT2D eigenvalue weighted by molar-refractivity contribution is -0.0139. The first-order valence-electron chi connectivity index (χ1n) is 10.4. The van der Waals surface area contributed by atoms with Gasteiger partial charge in [-0.15, -0.1) is 0 Å². The highest BCUT2D eigenvalue weighted by molar-refractivity contribution is 5.80. The van der Waals surface area contributed by atoms with Gasteiger partial charge in [0, 0.05) is 36.9 Å². The van der Waals surface area contributed by atoms with E-state index in [4.69, 9.17) is 9.73 Å². The smallest absolute Gasteiger partial charge is 0.191 e. The monoisotopic (exact) mass is 394 g/mol. The second-order valence-corrected chi connectivity index (χ2v) is 7.76. The summed E-state index contributed by atoms with van der Waals surface area (Å²) in [6.07, 6.45) is 4.45. The SMILES string of the molecule is CCNC(=NCC1(N2CCCC2)CCOCC1)NC(C)c1ccc(F)cc1F. The molecule has 3 rings (SSSR count). The van der Waals surface area contributed by atoms with Gasteiger partial charge < -0.3 is 15.4 Å². The van der Waals surface area contributed by atoms with Crippen LogP contribution in [-0.2, 0) is 4.74 Å². The number of hydrogen-bond acceptors (Lipinski definition) is 3. The molecule has 2 aliphatic rings. The zero-order chi connectivity index (χ0) is 20.0. The highest BCUT2D eigenvalue weighted by Crippen LogP contribution is 2.31. The summed E-state index contributed by atoms with van der Waals surface area (Å²) in [6.45, 7) is 9.04. The van der Waals surface area contributed by atoms with Crippen LogP contribution in [0, 0.1) is 11.6 Å². The van der Waals surface area contributed by atoms with Gasteiger partial charge in [0.05, 0.1) is 12.6 Å². The number of guanidine groups is 1. The van der Waals surface area contributed by atoms with Crippen molar-refractivity contribution in [3.05, 3.63) is 35.4 Å². The number of likely N-dealkylation sites (tertiary alicyclic amines) is 1. The van der Waals surface area contributed by atoms with Gasteiger partial charge in [0.15, 0.2) is 5.96 Å². The molecule has 0 saturated carbocycles. The summed E-state index contributed by atoms with van der Waals surface area (Å²) in [5, 5.41) is 6.52. The van der Waals surface area contributed by atoms with E-state index in [9.17, 15) is 8.78 Å². The van der Waals surface area contributed by atoms with Crippen LogP contribution in [0.5, 0.6) is 0 Å². The van der Waals surface area contributed by atoms with E-state index in [-0.39, 0.29) is 11.6 Å². The second-order valence-electron chi connectivity index (χ2n) is 7.76. The molecule has 2 aliphatic heterocycles. The normalized spacial score (nSPS) is 21.5. The van der Waals surface area contributed by atoms with Gasteiger partial charge in [-0.1, -0.05) is 6.07 Å². The van der Waals surface area contributed by atoms with Gasteiger partial charge in [-0.2, -0.15) is 0 Å². The topological polar surface area (TPSA) is 48.9 Å². The number of halogens is 2. The van der Waals surface area contributed by atoms with Gasteiger partial charge in [-0.3, -0.25) is 9.89 Å². The summed E-state index contributed by atoms with van der Waals surface area (Å²) in [7, 11) is 0. The first kappa shape index (κ1) is 21.0. The molecule has 156 valence electrons. The molecule has 1 aromatic carbocycles. The van der Waals surface area contributed by atoms with Crippen LogP contribution >= 0.6 is 0 Å². The maximum atomic E-state index is 14.1. The summed E-state index contributed by atoms with van der Waals surface area (Å²) in [4.78, 5) is 7.44. The molecular weight excluding hydrogens is 362 g/mol. The highest BCUT2D eigenvalue weighted by Gasteiger charge is 2.39. The minimum absolute atomic E-state index is 0.0431. The molecule has 2 saturated heterocycles. The van der Waals surface area contributed by atoms with Crippen molar-refractivity contribution < 1.29 is 13.5 Å². The maximum Gasteiger partial charge on any atom is 0.191 e. The van der Waals surface area contributed by atoms with Crippen molar-refractivity contribution in [3.8, 4) is 0 Å². The van der Waals surface area contributed by atoms with Crippen molar-refractivity contribution in [1.82, 2.24) is 15.5 Å². The zero-order valence-corrected chi connectivity index (χ0v) is 16.9. The number of ether oxygens (including phenoxy) is 1. The predicted octanol–water partition coefficient (Wildman–Crippen LogP) is 3.23. The van der Waals surface area contributed by atoms with E-state index >= 15 is 0 Å². The first-order chi connectivity index (χ1) is 13.5. The molecular formula is C21H32F2N4O. The quantitative estimate of drug-likeness (QED) is 0.575. The maximum absolute atomic E-state index is 14.1. The van der Waals surface area contributed by atoms with Gasteiger partial charge in [0.1, 0.15) is 11.6 Å². The van der Waals surface area contributed by atoms with E-state index < -0.39 is 11.6 Å². The lowest BCUT2D eigenvalue weighted by atomic mass is 9.88. The molecule has 0 aromatic heterocycles. The van der Waals surface area contributed by atoms with Gasteiger partial charge in [0.2, 0.25) is 0 Å². The summed E-state index contributed by atoms with van der Waals surface area (Å²) < 4.78 is 32.9. The summed E-state index contributed by atoms with van der Waals surface area (Å²) in [5.41, 5.74) is 0.467. The van der Waals surface area contributed by atoms with Crippen LogP contribution < -0.4 is 10.6 Å². The number of hydrogen-bond donors (Lipinski definition) is 2. The largest absolute Gasteiger partial charge is 0.381 e. The highest BCUT2D eigenvalue weighted by atomic mass is 19.1. The zero-order valence-electron chi connectivity index (χ0n) is 16.9. The average molecular weight is 395 g/mol. The lowest BCUT2D eigenvalue weighted by Gasteiger charge is -2.43. The number of nitrogens with one attached hydrogen (secondary N) is 2. The Morgan fingerprint density at radius 2 is 1.96 bits per heavy atom. The van der Waals surface area contributed by atoms with Crippen LogP contribution in [0.1, 0.15) is 51.1 Å². The van der Waals surface area contributed by atoms with Gasteiger partial charge in [-0.05, 0) is 58.7 Å². The van der Waals surface area contributed by atoms with Gasteiger partial charge >= 0.3 is 0 Å². The molecule has 0 spiro atoms. The molecule has 1 unspecified atom stereocenters. The van der Waals surface area contributed by atoms with Crippen molar-refractivity contribution in [2.75, 3.05) is 39.4 Å². The fourth-order valence-electron chi connectivity index (χ4n) is 4.20. The van der Waals surface area contributed by atoms with Crippen LogP contribution in [0.25, 0.3) is 0 Å². The standard InChI is InChI=1S/C21H32F2N4O/c1-3-24-20(26-16(2)18-7-6-17(22)14-19(18)23)25-15-21(8-12-28-13-9-21)27-10-4-5-11-27/h6-7,14,16H,3-5,8-13,15H2,1-2H3,(H2,24,25,26). The molecule has 1 aromatic rings. The van der Waals surface area contributed by atoms with Crippen molar-refractivity contribution in [2.45, 2.75) is 51.1 Å². The van der Waals surface area contributed by atoms with E-state index in [1.165, 1.54) is 25.0 Å². The Kier molecular flexibility index (Phi) is 7.24. The molecule has 2 heterocycles. The van der Waals surface area contributed by atoms with E-state index in [0.717, 1.165) is 45.2 Å². The van der Waals surface area contributed by atoms with E-state index in [1.54, 1.807) is 0 Å². The molecule has 0 aliphatic carbocycles. The van der Waals surface area contributed by atoms with Crippen molar-refractivity contribution in [3.63, 3.8) is 0 Å². The van der Waals surface area contributed by atoms with Gasteiger partial charge in [0.25, 0.3) is 0 Å². The summed E-state index contributed by atoms with van der Waals surface area (Å²) in [5.74, 6) is -0.460. The molecule has 0 amide bonds. The Labute approximate surface area is 166 Å². The Bertz CT molecular complexity index is 670. The summed E-state index contributed by atoms with van der Waals surface area (Å²) in [6, 6.07) is 3.36. The Balaban J connectivity index is 1.73. The lowest BCUT2D eigenvalue weighted by Crippen LogP contribution is -2.54.